The zero-order chi connectivity index (χ0) is 53.8. The second kappa shape index (κ2) is 22.2. The maximum atomic E-state index is 12.4. The van der Waals surface area contributed by atoms with E-state index in [9.17, 15) is 25.5 Å². The van der Waals surface area contributed by atoms with E-state index in [1.54, 1.807) is 6.08 Å². The van der Waals surface area contributed by atoms with E-state index in [0.717, 1.165) is 25.7 Å². The summed E-state index contributed by atoms with van der Waals surface area (Å²) in [4.78, 5) is 0. The standard InChI is InChI=1S/C60H86O18/c1-29-22-42-44(25-48-54(75-42)31(3)52(64)58-55(76-48)30(2)32(4)60(78-58)20-9-21-66-60)72-46-27-51-59(5,77-47(46)23-29)50(63)26-45-36(73-51)12-7-6-11-35-37(70-45)16-17-39-38(68-35)18-19-40-43(69-39)24-49-57(74-40)53(65)56-41(71-49)13-8-10-34(67-56)15-14-33(62)28-61/h6-8,10,14-19,29-58,61-65H,9,11-13,20-28H2,1-5H3/b7-6-,15-14+/t29-,30+,31+,32+,33?,34-,35-,36+,37+,38+,39-,40-,41+,42+,43+,44-,45-,46+,47-,48+,49-,50-,51-,52+,53-,54-,55-,56+,57-,58+,59+,60+/m1/s1. The molecule has 9 saturated heterocycles. The Hall–Kier alpha value is -2.02. The van der Waals surface area contributed by atoms with Crippen molar-refractivity contribution in [2.45, 2.75) is 275 Å². The molecule has 13 heterocycles. The molecule has 0 saturated carbocycles. The van der Waals surface area contributed by atoms with E-state index in [-0.39, 0.29) is 84.7 Å². The van der Waals surface area contributed by atoms with Crippen LogP contribution in [0, 0.1) is 23.7 Å². The molecule has 0 amide bonds. The Kier molecular flexibility index (Phi) is 15.7. The van der Waals surface area contributed by atoms with Crippen molar-refractivity contribution >= 4 is 0 Å². The largest absolute Gasteiger partial charge is 0.393 e. The Balaban J connectivity index is 0.678. The monoisotopic (exact) mass is 1090 g/mol. The molecule has 434 valence electrons. The lowest BCUT2D eigenvalue weighted by Gasteiger charge is -2.53. The summed E-state index contributed by atoms with van der Waals surface area (Å²) in [6, 6.07) is 0. The van der Waals surface area contributed by atoms with Gasteiger partial charge in [-0.25, -0.2) is 0 Å². The molecule has 18 heteroatoms. The van der Waals surface area contributed by atoms with Crippen LogP contribution in [-0.2, 0) is 61.6 Å². The summed E-state index contributed by atoms with van der Waals surface area (Å²) in [6.45, 7) is 11.0. The molecule has 1 unspecified atom stereocenters. The number of hydrogen-bond donors (Lipinski definition) is 5. The highest BCUT2D eigenvalue weighted by Gasteiger charge is 2.62. The van der Waals surface area contributed by atoms with Crippen LogP contribution >= 0.6 is 0 Å². The maximum absolute atomic E-state index is 12.4. The third-order valence-electron chi connectivity index (χ3n) is 20.6. The van der Waals surface area contributed by atoms with Gasteiger partial charge in [-0.2, -0.15) is 0 Å². The molecule has 13 aliphatic rings. The van der Waals surface area contributed by atoms with E-state index in [1.165, 1.54) is 6.08 Å². The van der Waals surface area contributed by atoms with Crippen molar-refractivity contribution < 1.29 is 87.1 Å². The van der Waals surface area contributed by atoms with Gasteiger partial charge >= 0.3 is 0 Å². The minimum atomic E-state index is -1.02. The van der Waals surface area contributed by atoms with E-state index in [0.29, 0.717) is 51.6 Å². The number of aliphatic hydroxyl groups is 5. The molecule has 13 aliphatic heterocycles. The molecule has 0 aliphatic carbocycles. The maximum Gasteiger partial charge on any atom is 0.171 e. The van der Waals surface area contributed by atoms with Gasteiger partial charge in [0.1, 0.15) is 54.4 Å². The van der Waals surface area contributed by atoms with Gasteiger partial charge in [-0.3, -0.25) is 0 Å². The molecule has 0 aromatic rings. The number of rotatable bonds is 3. The van der Waals surface area contributed by atoms with E-state index >= 15 is 0 Å². The van der Waals surface area contributed by atoms with Gasteiger partial charge < -0.3 is 87.1 Å². The highest BCUT2D eigenvalue weighted by Crippen LogP contribution is 2.52. The van der Waals surface area contributed by atoms with Crippen LogP contribution in [0.1, 0.15) is 105 Å². The normalized spacial score (nSPS) is 56.5. The molecular formula is C60H86O18. The minimum Gasteiger partial charge on any atom is -0.393 e. The first kappa shape index (κ1) is 55.2. The summed E-state index contributed by atoms with van der Waals surface area (Å²) in [5.41, 5.74) is -1.02. The summed E-state index contributed by atoms with van der Waals surface area (Å²) in [6.07, 6.45) is 13.4. The lowest BCUT2D eigenvalue weighted by atomic mass is 9.76. The summed E-state index contributed by atoms with van der Waals surface area (Å²) >= 11 is 0. The summed E-state index contributed by atoms with van der Waals surface area (Å²) in [7, 11) is 0. The van der Waals surface area contributed by atoms with Crippen molar-refractivity contribution in [3.63, 3.8) is 0 Å². The predicted octanol–water partition coefficient (Wildman–Crippen LogP) is 4.00. The summed E-state index contributed by atoms with van der Waals surface area (Å²) in [5, 5.41) is 55.4. The third kappa shape index (κ3) is 10.2. The fraction of sp³-hybridized carbons (Fsp3) is 0.833. The van der Waals surface area contributed by atoms with Crippen LogP contribution in [0.15, 0.2) is 60.8 Å². The molecular weight excluding hydrogens is 1010 g/mol. The Morgan fingerprint density at radius 2 is 1.15 bits per heavy atom. The third-order valence-corrected chi connectivity index (χ3v) is 20.6. The van der Waals surface area contributed by atoms with Crippen LogP contribution in [0.4, 0.5) is 0 Å². The van der Waals surface area contributed by atoms with Crippen molar-refractivity contribution in [2.75, 3.05) is 13.2 Å². The van der Waals surface area contributed by atoms with E-state index in [4.69, 9.17) is 61.6 Å². The van der Waals surface area contributed by atoms with Crippen LogP contribution in [0.25, 0.3) is 0 Å². The zero-order valence-electron chi connectivity index (χ0n) is 45.8. The van der Waals surface area contributed by atoms with Crippen molar-refractivity contribution in [3.8, 4) is 0 Å². The second-order valence-corrected chi connectivity index (χ2v) is 25.6. The van der Waals surface area contributed by atoms with Crippen LogP contribution in [-0.4, -0.2) is 209 Å². The van der Waals surface area contributed by atoms with Crippen molar-refractivity contribution in [1.82, 2.24) is 0 Å². The molecule has 0 aromatic carbocycles. The first-order valence-electron chi connectivity index (χ1n) is 29.9. The lowest BCUT2D eigenvalue weighted by molar-refractivity contribution is -0.339. The second-order valence-electron chi connectivity index (χ2n) is 25.6. The number of aliphatic hydroxyl groups excluding tert-OH is 5. The average Bonchev–Trinajstić information content (AvgIpc) is 3.66. The molecule has 5 N–H and O–H groups in total. The van der Waals surface area contributed by atoms with Gasteiger partial charge in [-0.1, -0.05) is 88.5 Å². The summed E-state index contributed by atoms with van der Waals surface area (Å²) in [5.74, 6) is -0.520. The van der Waals surface area contributed by atoms with Gasteiger partial charge in [0.2, 0.25) is 0 Å². The molecule has 32 atom stereocenters. The Labute approximate surface area is 458 Å². The highest BCUT2D eigenvalue weighted by molar-refractivity contribution is 5.18. The SMILES string of the molecule is C[C@@H]1C[C@@H]2O[C@@H]3[C@@H](C)[C@H](O)[C@@H]4O[C@@]5(CCCO5)[C@@H](C)[C@H](C)[C@H]4O[C@H]3C[C@H]2O[C@H]2C[C@H]3O[C@H]4C/C=C\C[C@H]5O[C@H]6C=C[C@H]7O[C@H]8[C@H](O)[C@H]9O[C@@H](/C=C/C(O)CO)C=CC[C@@H]9O[C@@H]8C[C@@H]7O[C@@H]6C=C[C@@H]5O[C@@H]4C[C@@H](O)[C@]3(C)O[C@@H]2C1. The molecule has 18 nitrogen and oxygen atoms in total. The van der Waals surface area contributed by atoms with E-state index in [2.05, 4.69) is 39.8 Å². The van der Waals surface area contributed by atoms with Gasteiger partial charge in [0.15, 0.2) is 5.79 Å². The van der Waals surface area contributed by atoms with Crippen LogP contribution in [0.3, 0.4) is 0 Å². The zero-order valence-corrected chi connectivity index (χ0v) is 45.8. The number of ether oxygens (including phenoxy) is 13. The molecule has 0 bridgehead atoms. The number of fused-ring (bicyclic) bond motifs is 11. The van der Waals surface area contributed by atoms with Crippen LogP contribution < -0.4 is 0 Å². The van der Waals surface area contributed by atoms with Crippen molar-refractivity contribution in [2.24, 2.45) is 23.7 Å². The molecule has 9 fully saturated rings. The first-order chi connectivity index (χ1) is 37.6. The fourth-order valence-corrected chi connectivity index (χ4v) is 15.9. The minimum absolute atomic E-state index is 0.0912. The topological polar surface area (TPSA) is 221 Å². The summed E-state index contributed by atoms with van der Waals surface area (Å²) < 4.78 is 89.3. The van der Waals surface area contributed by atoms with Gasteiger partial charge in [0, 0.05) is 43.9 Å². The van der Waals surface area contributed by atoms with Gasteiger partial charge in [-0.15, -0.1) is 0 Å². The smallest absolute Gasteiger partial charge is 0.171 e. The average molecular weight is 1100 g/mol. The van der Waals surface area contributed by atoms with Crippen molar-refractivity contribution in [1.29, 1.82) is 0 Å². The fourth-order valence-electron chi connectivity index (χ4n) is 15.9. The van der Waals surface area contributed by atoms with Crippen molar-refractivity contribution in [3.05, 3.63) is 60.8 Å². The predicted molar refractivity (Wildman–Crippen MR) is 278 cm³/mol. The number of hydrogen-bond acceptors (Lipinski definition) is 18. The Bertz CT molecular complexity index is 2250. The van der Waals surface area contributed by atoms with Gasteiger partial charge in [-0.05, 0) is 57.3 Å². The van der Waals surface area contributed by atoms with E-state index < -0.39 is 116 Å². The molecule has 1 spiro atoms. The molecule has 0 radical (unpaired) electrons. The first-order valence-corrected chi connectivity index (χ1v) is 29.9. The molecule has 78 heavy (non-hydrogen) atoms. The molecule has 13 rings (SSSR count). The van der Waals surface area contributed by atoms with Crippen LogP contribution in [0.2, 0.25) is 0 Å². The van der Waals surface area contributed by atoms with Crippen LogP contribution in [0.5, 0.6) is 0 Å². The van der Waals surface area contributed by atoms with E-state index in [1.807, 2.05) is 43.4 Å². The van der Waals surface area contributed by atoms with Gasteiger partial charge in [0.05, 0.1) is 123 Å². The molecule has 0 aromatic heterocycles. The van der Waals surface area contributed by atoms with Gasteiger partial charge in [0.25, 0.3) is 0 Å². The highest BCUT2D eigenvalue weighted by atomic mass is 16.7. The Morgan fingerprint density at radius 1 is 0.526 bits per heavy atom. The Morgan fingerprint density at radius 3 is 1.94 bits per heavy atom. The lowest BCUT2D eigenvalue weighted by Crippen LogP contribution is -2.63. The quantitative estimate of drug-likeness (QED) is 0.252.